The van der Waals surface area contributed by atoms with Gasteiger partial charge >= 0.3 is 0 Å². The molecule has 2 atom stereocenters. The summed E-state index contributed by atoms with van der Waals surface area (Å²) in [6, 6.07) is 7.79. The first kappa shape index (κ1) is 17.5. The van der Waals surface area contributed by atoms with Crippen LogP contribution in [0.1, 0.15) is 23.1 Å². The van der Waals surface area contributed by atoms with E-state index in [4.69, 9.17) is 4.74 Å². The average molecular weight is 342 g/mol. The Morgan fingerprint density at radius 1 is 1.28 bits per heavy atom. The van der Waals surface area contributed by atoms with Gasteiger partial charge in [-0.1, -0.05) is 6.92 Å². The highest BCUT2D eigenvalue weighted by Gasteiger charge is 2.33. The molecule has 0 bridgehead atoms. The van der Waals surface area contributed by atoms with Gasteiger partial charge in [-0.2, -0.15) is 0 Å². The number of aryl methyl sites for hydroxylation is 1. The third-order valence-corrected chi connectivity index (χ3v) is 4.91. The van der Waals surface area contributed by atoms with Crippen LogP contribution in [0.25, 0.3) is 0 Å². The van der Waals surface area contributed by atoms with Crippen LogP contribution < -0.4 is 4.74 Å². The largest absolute Gasteiger partial charge is 0.486 e. The maximum atomic E-state index is 12.7. The molecule has 0 aliphatic carbocycles. The number of aromatic nitrogens is 2. The summed E-state index contributed by atoms with van der Waals surface area (Å²) < 4.78 is 7.67. The van der Waals surface area contributed by atoms with Crippen LogP contribution in [-0.4, -0.2) is 58.5 Å². The number of benzene rings is 1. The van der Waals surface area contributed by atoms with Crippen molar-refractivity contribution in [3.05, 3.63) is 48.0 Å². The molecule has 1 amide bonds. The molecule has 1 aromatic carbocycles. The van der Waals surface area contributed by atoms with Crippen molar-refractivity contribution in [1.29, 1.82) is 0 Å². The number of likely N-dealkylation sites (tertiary alicyclic amines) is 1. The average Bonchev–Trinajstić information content (AvgIpc) is 3.18. The van der Waals surface area contributed by atoms with Crippen molar-refractivity contribution in [3.63, 3.8) is 0 Å². The first-order valence-electron chi connectivity index (χ1n) is 8.60. The number of rotatable bonds is 5. The quantitative estimate of drug-likeness (QED) is 0.834. The van der Waals surface area contributed by atoms with E-state index < -0.39 is 0 Å². The third kappa shape index (κ3) is 3.85. The predicted molar refractivity (Wildman–Crippen MR) is 96.5 cm³/mol. The van der Waals surface area contributed by atoms with Crippen LogP contribution >= 0.6 is 0 Å². The van der Waals surface area contributed by atoms with Gasteiger partial charge in [-0.15, -0.1) is 0 Å². The lowest BCUT2D eigenvalue weighted by Gasteiger charge is -2.22. The molecule has 1 aliphatic rings. The summed E-state index contributed by atoms with van der Waals surface area (Å²) in [7, 11) is 6.08. The number of hydrogen-bond acceptors (Lipinski definition) is 4. The maximum absolute atomic E-state index is 12.7. The fourth-order valence-corrected chi connectivity index (χ4v) is 3.35. The number of ether oxygens (including phenoxy) is 1. The highest BCUT2D eigenvalue weighted by Crippen LogP contribution is 2.23. The molecule has 0 saturated carbocycles. The maximum Gasteiger partial charge on any atom is 0.253 e. The molecule has 2 aromatic rings. The number of hydrogen-bond donors (Lipinski definition) is 0. The van der Waals surface area contributed by atoms with Crippen molar-refractivity contribution < 1.29 is 9.53 Å². The third-order valence-electron chi connectivity index (χ3n) is 4.91. The van der Waals surface area contributed by atoms with Gasteiger partial charge in [-0.25, -0.2) is 4.98 Å². The molecule has 0 unspecified atom stereocenters. The smallest absolute Gasteiger partial charge is 0.253 e. The fourth-order valence-electron chi connectivity index (χ4n) is 3.35. The standard InChI is InChI=1S/C19H26N4O2/c1-14-11-23(12-17(14)21(2)3)19(24)15-5-7-16(8-6-15)25-13-18-20-9-10-22(18)4/h5-10,14,17H,11-13H2,1-4H3/t14-,17+/m0/s1. The second-order valence-electron chi connectivity index (χ2n) is 6.99. The van der Waals surface area contributed by atoms with Gasteiger partial charge < -0.3 is 19.1 Å². The minimum Gasteiger partial charge on any atom is -0.486 e. The first-order chi connectivity index (χ1) is 12.0. The second kappa shape index (κ2) is 7.27. The van der Waals surface area contributed by atoms with Crippen LogP contribution in [-0.2, 0) is 13.7 Å². The fraction of sp³-hybridized carbons (Fsp3) is 0.474. The van der Waals surface area contributed by atoms with E-state index in [0.717, 1.165) is 24.7 Å². The molecule has 1 saturated heterocycles. The van der Waals surface area contributed by atoms with Crippen LogP contribution in [0, 0.1) is 5.92 Å². The molecule has 1 aromatic heterocycles. The minimum atomic E-state index is 0.0897. The van der Waals surface area contributed by atoms with Crippen molar-refractivity contribution in [2.24, 2.45) is 13.0 Å². The summed E-state index contributed by atoms with van der Waals surface area (Å²) in [5, 5.41) is 0. The normalized spacial score (nSPS) is 20.3. The van der Waals surface area contributed by atoms with Crippen LogP contribution in [0.2, 0.25) is 0 Å². The van der Waals surface area contributed by atoms with Crippen LogP contribution in [0.3, 0.4) is 0 Å². The second-order valence-corrected chi connectivity index (χ2v) is 6.99. The molecule has 6 heteroatoms. The van der Waals surface area contributed by atoms with Crippen molar-refractivity contribution in [2.45, 2.75) is 19.6 Å². The van der Waals surface area contributed by atoms with Gasteiger partial charge in [0.1, 0.15) is 18.2 Å². The van der Waals surface area contributed by atoms with Gasteiger partial charge in [-0.05, 0) is 44.3 Å². The van der Waals surface area contributed by atoms with E-state index in [2.05, 4.69) is 30.9 Å². The Kier molecular flexibility index (Phi) is 5.08. The molecule has 0 N–H and O–H groups in total. The Morgan fingerprint density at radius 3 is 2.56 bits per heavy atom. The zero-order valence-corrected chi connectivity index (χ0v) is 15.3. The number of imidazole rings is 1. The number of amides is 1. The molecule has 3 rings (SSSR count). The molecule has 2 heterocycles. The summed E-state index contributed by atoms with van der Waals surface area (Å²) in [4.78, 5) is 21.1. The van der Waals surface area contributed by atoms with E-state index in [1.165, 1.54) is 0 Å². The summed E-state index contributed by atoms with van der Waals surface area (Å²) in [5.41, 5.74) is 0.705. The molecule has 1 fully saturated rings. The zero-order valence-electron chi connectivity index (χ0n) is 15.3. The van der Waals surface area contributed by atoms with Crippen molar-refractivity contribution in [3.8, 4) is 5.75 Å². The van der Waals surface area contributed by atoms with E-state index in [1.807, 2.05) is 47.0 Å². The Bertz CT molecular complexity index is 723. The lowest BCUT2D eigenvalue weighted by Crippen LogP contribution is -2.35. The Labute approximate surface area is 149 Å². The summed E-state index contributed by atoms with van der Waals surface area (Å²) in [5.74, 6) is 2.17. The van der Waals surface area contributed by atoms with E-state index in [-0.39, 0.29) is 5.91 Å². The van der Waals surface area contributed by atoms with Gasteiger partial charge in [0.25, 0.3) is 5.91 Å². The highest BCUT2D eigenvalue weighted by molar-refractivity contribution is 5.94. The van der Waals surface area contributed by atoms with E-state index in [0.29, 0.717) is 24.1 Å². The van der Waals surface area contributed by atoms with Crippen molar-refractivity contribution in [1.82, 2.24) is 19.4 Å². The number of carbonyl (C=O) groups is 1. The Balaban J connectivity index is 1.60. The molecule has 6 nitrogen and oxygen atoms in total. The monoisotopic (exact) mass is 342 g/mol. The van der Waals surface area contributed by atoms with Crippen molar-refractivity contribution >= 4 is 5.91 Å². The number of likely N-dealkylation sites (N-methyl/N-ethyl adjacent to an activating group) is 1. The molecule has 0 radical (unpaired) electrons. The summed E-state index contributed by atoms with van der Waals surface area (Å²) in [6.07, 6.45) is 3.64. The zero-order chi connectivity index (χ0) is 18.0. The van der Waals surface area contributed by atoms with Crippen LogP contribution in [0.15, 0.2) is 36.7 Å². The molecule has 134 valence electrons. The first-order valence-corrected chi connectivity index (χ1v) is 8.60. The molecule has 25 heavy (non-hydrogen) atoms. The SMILES string of the molecule is C[C@H]1CN(C(=O)c2ccc(OCc3nccn3C)cc2)C[C@H]1N(C)C. The van der Waals surface area contributed by atoms with E-state index in [9.17, 15) is 4.79 Å². The molecular formula is C19H26N4O2. The van der Waals surface area contributed by atoms with Gasteiger partial charge in [-0.3, -0.25) is 4.79 Å². The predicted octanol–water partition coefficient (Wildman–Crippen LogP) is 2.02. The molecule has 0 spiro atoms. The molecular weight excluding hydrogens is 316 g/mol. The van der Waals surface area contributed by atoms with Gasteiger partial charge in [0.05, 0.1) is 0 Å². The highest BCUT2D eigenvalue weighted by atomic mass is 16.5. The Morgan fingerprint density at radius 2 is 2.00 bits per heavy atom. The van der Waals surface area contributed by atoms with Crippen LogP contribution in [0.4, 0.5) is 0 Å². The number of carbonyl (C=O) groups excluding carboxylic acids is 1. The van der Waals surface area contributed by atoms with Gasteiger partial charge in [0.15, 0.2) is 0 Å². The Hall–Kier alpha value is -2.34. The van der Waals surface area contributed by atoms with Gasteiger partial charge in [0, 0.05) is 44.1 Å². The van der Waals surface area contributed by atoms with Gasteiger partial charge in [0.2, 0.25) is 0 Å². The van der Waals surface area contributed by atoms with Crippen LogP contribution in [0.5, 0.6) is 5.75 Å². The van der Waals surface area contributed by atoms with Crippen molar-refractivity contribution in [2.75, 3.05) is 27.2 Å². The van der Waals surface area contributed by atoms with E-state index in [1.54, 1.807) is 6.20 Å². The summed E-state index contributed by atoms with van der Waals surface area (Å²) >= 11 is 0. The lowest BCUT2D eigenvalue weighted by atomic mass is 10.1. The molecule has 1 aliphatic heterocycles. The topological polar surface area (TPSA) is 50.6 Å². The lowest BCUT2D eigenvalue weighted by molar-refractivity contribution is 0.0781. The van der Waals surface area contributed by atoms with E-state index >= 15 is 0 Å². The summed E-state index contributed by atoms with van der Waals surface area (Å²) in [6.45, 7) is 4.20. The number of nitrogens with zero attached hydrogens (tertiary/aromatic N) is 4. The minimum absolute atomic E-state index is 0.0897.